The van der Waals surface area contributed by atoms with Gasteiger partial charge in [0, 0.05) is 12.0 Å². The van der Waals surface area contributed by atoms with Crippen molar-refractivity contribution in [1.82, 2.24) is 5.32 Å². The number of benzene rings is 2. The molecule has 0 aromatic heterocycles. The van der Waals surface area contributed by atoms with Crippen molar-refractivity contribution < 1.29 is 8.78 Å². The van der Waals surface area contributed by atoms with Crippen LogP contribution in [0.25, 0.3) is 0 Å². The Kier molecular flexibility index (Phi) is 4.30. The predicted octanol–water partition coefficient (Wildman–Crippen LogP) is 4.24. The topological polar surface area (TPSA) is 12.0 Å². The molecule has 0 aliphatic carbocycles. The third-order valence-corrected chi connectivity index (χ3v) is 4.21. The zero-order valence-corrected chi connectivity index (χ0v) is 11.9. The molecule has 3 heteroatoms. The van der Waals surface area contributed by atoms with E-state index in [0.717, 1.165) is 24.1 Å². The molecule has 0 bridgehead atoms. The Hall–Kier alpha value is -1.74. The van der Waals surface area contributed by atoms with Crippen LogP contribution in [-0.4, -0.2) is 12.6 Å². The number of piperidine rings is 1. The van der Waals surface area contributed by atoms with Gasteiger partial charge in [-0.15, -0.1) is 0 Å². The van der Waals surface area contributed by atoms with E-state index in [9.17, 15) is 8.78 Å². The number of hydrogen-bond acceptors (Lipinski definition) is 1. The van der Waals surface area contributed by atoms with E-state index in [1.165, 1.54) is 37.1 Å². The first-order chi connectivity index (χ1) is 10.2. The van der Waals surface area contributed by atoms with Gasteiger partial charge in [-0.25, -0.2) is 8.78 Å². The van der Waals surface area contributed by atoms with Crippen molar-refractivity contribution in [3.8, 4) is 0 Å². The van der Waals surface area contributed by atoms with Crippen molar-refractivity contribution in [3.63, 3.8) is 0 Å². The Morgan fingerprint density at radius 2 is 1.33 bits per heavy atom. The second kappa shape index (κ2) is 6.35. The maximum atomic E-state index is 13.2. The minimum Gasteiger partial charge on any atom is -0.313 e. The van der Waals surface area contributed by atoms with Crippen molar-refractivity contribution in [2.24, 2.45) is 0 Å². The molecule has 1 aliphatic rings. The first-order valence-electron chi connectivity index (χ1n) is 7.48. The molecule has 1 atom stereocenters. The van der Waals surface area contributed by atoms with Gasteiger partial charge >= 0.3 is 0 Å². The van der Waals surface area contributed by atoms with Crippen LogP contribution in [0.4, 0.5) is 8.78 Å². The summed E-state index contributed by atoms with van der Waals surface area (Å²) in [5, 5.41) is 3.56. The monoisotopic (exact) mass is 287 g/mol. The van der Waals surface area contributed by atoms with E-state index in [-0.39, 0.29) is 17.6 Å². The number of hydrogen-bond donors (Lipinski definition) is 1. The summed E-state index contributed by atoms with van der Waals surface area (Å²) in [7, 11) is 0. The fourth-order valence-corrected chi connectivity index (χ4v) is 3.16. The van der Waals surface area contributed by atoms with E-state index in [1.54, 1.807) is 0 Å². The molecule has 1 aliphatic heterocycles. The first-order valence-corrected chi connectivity index (χ1v) is 7.48. The Morgan fingerprint density at radius 3 is 1.76 bits per heavy atom. The lowest BCUT2D eigenvalue weighted by Crippen LogP contribution is -2.39. The van der Waals surface area contributed by atoms with Gasteiger partial charge in [-0.05, 0) is 54.8 Å². The summed E-state index contributed by atoms with van der Waals surface area (Å²) in [5.74, 6) is -0.326. The van der Waals surface area contributed by atoms with Crippen molar-refractivity contribution in [2.75, 3.05) is 6.54 Å². The highest BCUT2D eigenvalue weighted by molar-refractivity contribution is 5.35. The molecule has 0 saturated carbocycles. The number of nitrogens with one attached hydrogen (secondary N) is 1. The molecule has 0 amide bonds. The van der Waals surface area contributed by atoms with Gasteiger partial charge in [0.15, 0.2) is 0 Å². The summed E-state index contributed by atoms with van der Waals surface area (Å²) in [6, 6.07) is 13.6. The summed E-state index contributed by atoms with van der Waals surface area (Å²) < 4.78 is 26.4. The average molecular weight is 287 g/mol. The molecule has 21 heavy (non-hydrogen) atoms. The number of rotatable bonds is 3. The van der Waals surface area contributed by atoms with Crippen molar-refractivity contribution >= 4 is 0 Å². The normalized spacial score (nSPS) is 18.9. The molecule has 1 nitrogen and oxygen atoms in total. The van der Waals surface area contributed by atoms with Crippen molar-refractivity contribution in [2.45, 2.75) is 31.2 Å². The van der Waals surface area contributed by atoms with Crippen LogP contribution in [-0.2, 0) is 0 Å². The molecule has 3 rings (SSSR count). The van der Waals surface area contributed by atoms with E-state index < -0.39 is 0 Å². The third kappa shape index (κ3) is 3.30. The summed E-state index contributed by atoms with van der Waals surface area (Å²) in [5.41, 5.74) is 2.14. The molecule has 1 fully saturated rings. The average Bonchev–Trinajstić information content (AvgIpc) is 2.52. The summed E-state index contributed by atoms with van der Waals surface area (Å²) >= 11 is 0. The van der Waals surface area contributed by atoms with Crippen LogP contribution in [0.15, 0.2) is 48.5 Å². The van der Waals surface area contributed by atoms with Gasteiger partial charge in [0.1, 0.15) is 11.6 Å². The fraction of sp³-hybridized carbons (Fsp3) is 0.333. The molecule has 110 valence electrons. The van der Waals surface area contributed by atoms with E-state index in [0.29, 0.717) is 6.04 Å². The van der Waals surface area contributed by atoms with E-state index in [1.807, 2.05) is 24.3 Å². The molecular weight excluding hydrogens is 268 g/mol. The van der Waals surface area contributed by atoms with Crippen molar-refractivity contribution in [3.05, 3.63) is 71.3 Å². The Labute approximate surface area is 124 Å². The summed E-state index contributed by atoms with van der Waals surface area (Å²) in [6.45, 7) is 1.00. The van der Waals surface area contributed by atoms with Crippen LogP contribution >= 0.6 is 0 Å². The van der Waals surface area contributed by atoms with E-state index in [2.05, 4.69) is 5.32 Å². The van der Waals surface area contributed by atoms with Crippen LogP contribution in [0.3, 0.4) is 0 Å². The highest BCUT2D eigenvalue weighted by Crippen LogP contribution is 2.32. The van der Waals surface area contributed by atoms with Crippen LogP contribution in [0, 0.1) is 11.6 Å². The van der Waals surface area contributed by atoms with Gasteiger partial charge in [0.05, 0.1) is 0 Å². The number of halogens is 2. The van der Waals surface area contributed by atoms with Crippen LogP contribution < -0.4 is 5.32 Å². The lowest BCUT2D eigenvalue weighted by molar-refractivity contribution is 0.372. The summed E-state index contributed by atoms with van der Waals surface area (Å²) in [4.78, 5) is 0. The second-order valence-corrected chi connectivity index (χ2v) is 5.64. The minimum atomic E-state index is -0.229. The predicted molar refractivity (Wildman–Crippen MR) is 80.3 cm³/mol. The van der Waals surface area contributed by atoms with Gasteiger partial charge in [0.25, 0.3) is 0 Å². The zero-order valence-electron chi connectivity index (χ0n) is 11.9. The highest BCUT2D eigenvalue weighted by atomic mass is 19.1. The second-order valence-electron chi connectivity index (χ2n) is 5.64. The Morgan fingerprint density at radius 1 is 0.810 bits per heavy atom. The van der Waals surface area contributed by atoms with Gasteiger partial charge in [-0.2, -0.15) is 0 Å². The molecular formula is C18H19F2N. The van der Waals surface area contributed by atoms with E-state index >= 15 is 0 Å². The first kappa shape index (κ1) is 14.2. The third-order valence-electron chi connectivity index (χ3n) is 4.21. The van der Waals surface area contributed by atoms with Crippen LogP contribution in [0.2, 0.25) is 0 Å². The van der Waals surface area contributed by atoms with Gasteiger partial charge in [-0.3, -0.25) is 0 Å². The molecule has 1 saturated heterocycles. The van der Waals surface area contributed by atoms with Crippen molar-refractivity contribution in [1.29, 1.82) is 0 Å². The maximum absolute atomic E-state index is 13.2. The lowest BCUT2D eigenvalue weighted by Gasteiger charge is -2.32. The van der Waals surface area contributed by atoms with Gasteiger partial charge in [0.2, 0.25) is 0 Å². The molecule has 2 aromatic rings. The minimum absolute atomic E-state index is 0.131. The fourth-order valence-electron chi connectivity index (χ4n) is 3.16. The lowest BCUT2D eigenvalue weighted by atomic mass is 9.81. The quantitative estimate of drug-likeness (QED) is 0.890. The Bertz CT molecular complexity index is 526. The molecule has 2 aromatic carbocycles. The SMILES string of the molecule is Fc1ccc(C(c2ccc(F)cc2)C2CCCCN2)cc1. The molecule has 1 unspecified atom stereocenters. The standard InChI is InChI=1S/C18H19F2N/c19-15-8-4-13(5-9-15)18(17-3-1-2-12-21-17)14-6-10-16(20)11-7-14/h4-11,17-18,21H,1-3,12H2. The summed E-state index contributed by atoms with van der Waals surface area (Å²) in [6.07, 6.45) is 3.46. The highest BCUT2D eigenvalue weighted by Gasteiger charge is 2.26. The maximum Gasteiger partial charge on any atom is 0.123 e. The smallest absolute Gasteiger partial charge is 0.123 e. The molecule has 0 spiro atoms. The molecule has 1 N–H and O–H groups in total. The Balaban J connectivity index is 1.97. The van der Waals surface area contributed by atoms with Gasteiger partial charge in [-0.1, -0.05) is 30.7 Å². The largest absolute Gasteiger partial charge is 0.313 e. The van der Waals surface area contributed by atoms with Gasteiger partial charge < -0.3 is 5.32 Å². The zero-order chi connectivity index (χ0) is 14.7. The van der Waals surface area contributed by atoms with E-state index in [4.69, 9.17) is 0 Å². The molecule has 0 radical (unpaired) electrons. The van der Waals surface area contributed by atoms with Crippen LogP contribution in [0.1, 0.15) is 36.3 Å². The molecule has 1 heterocycles. The van der Waals surface area contributed by atoms with Crippen LogP contribution in [0.5, 0.6) is 0 Å².